The minimum absolute atomic E-state index is 0.0549. The highest BCUT2D eigenvalue weighted by atomic mass is 16.2. The van der Waals surface area contributed by atoms with Crippen molar-refractivity contribution in [2.24, 2.45) is 0 Å². The Morgan fingerprint density at radius 3 is 2.14 bits per heavy atom. The second kappa shape index (κ2) is 7.04. The first-order valence-electron chi connectivity index (χ1n) is 7.26. The van der Waals surface area contributed by atoms with Gasteiger partial charge in [0.2, 0.25) is 0 Å². The van der Waals surface area contributed by atoms with Crippen molar-refractivity contribution >= 4 is 11.6 Å². The molecule has 3 heteroatoms. The fraction of sp³-hybridized carbons (Fsp3) is 0.278. The van der Waals surface area contributed by atoms with Gasteiger partial charge in [-0.15, -0.1) is 0 Å². The van der Waals surface area contributed by atoms with Gasteiger partial charge in [0.25, 0.3) is 5.91 Å². The lowest BCUT2D eigenvalue weighted by atomic mass is 10.1. The van der Waals surface area contributed by atoms with Crippen LogP contribution in [0.2, 0.25) is 0 Å². The lowest BCUT2D eigenvalue weighted by Gasteiger charge is -2.29. The Hall–Kier alpha value is -2.13. The molecule has 3 nitrogen and oxygen atoms in total. The number of nitrogens with zero attached hydrogens (tertiary/aromatic N) is 1. The van der Waals surface area contributed by atoms with Gasteiger partial charge < -0.3 is 9.80 Å². The fourth-order valence-electron chi connectivity index (χ4n) is 2.27. The molecule has 0 fully saturated rings. The summed E-state index contributed by atoms with van der Waals surface area (Å²) >= 11 is 0. The number of amides is 1. The molecule has 0 aliphatic heterocycles. The lowest BCUT2D eigenvalue weighted by molar-refractivity contribution is -0.882. The van der Waals surface area contributed by atoms with Crippen molar-refractivity contribution < 1.29 is 9.28 Å². The zero-order chi connectivity index (χ0) is 15.1. The summed E-state index contributed by atoms with van der Waals surface area (Å²) in [5, 5.41) is 2.94. The third-order valence-corrected chi connectivity index (χ3v) is 3.48. The topological polar surface area (TPSA) is 29.1 Å². The van der Waals surface area contributed by atoms with Crippen molar-refractivity contribution in [3.05, 3.63) is 66.2 Å². The highest BCUT2D eigenvalue weighted by Gasteiger charge is 2.19. The first kappa shape index (κ1) is 15.3. The highest BCUT2D eigenvalue weighted by molar-refractivity contribution is 5.91. The van der Waals surface area contributed by atoms with Crippen molar-refractivity contribution in [1.82, 2.24) is 0 Å². The Morgan fingerprint density at radius 2 is 1.52 bits per heavy atom. The number of nitrogens with one attached hydrogen (secondary N) is 1. The van der Waals surface area contributed by atoms with Crippen molar-refractivity contribution in [3.8, 4) is 0 Å². The predicted octanol–water partition coefficient (Wildman–Crippen LogP) is 2.94. The molecular formula is C18H23N2O+. The number of rotatable bonds is 6. The molecule has 0 saturated carbocycles. The molecule has 1 amide bonds. The third-order valence-electron chi connectivity index (χ3n) is 3.48. The van der Waals surface area contributed by atoms with Gasteiger partial charge in [-0.05, 0) is 17.7 Å². The molecule has 0 aliphatic rings. The van der Waals surface area contributed by atoms with E-state index in [1.807, 2.05) is 36.4 Å². The molecule has 0 spiro atoms. The van der Waals surface area contributed by atoms with E-state index in [4.69, 9.17) is 0 Å². The predicted molar refractivity (Wildman–Crippen MR) is 87.1 cm³/mol. The van der Waals surface area contributed by atoms with Gasteiger partial charge in [-0.3, -0.25) is 4.79 Å². The van der Waals surface area contributed by atoms with Crippen molar-refractivity contribution in [2.45, 2.75) is 6.42 Å². The van der Waals surface area contributed by atoms with E-state index in [0.29, 0.717) is 11.0 Å². The monoisotopic (exact) mass is 283 g/mol. The molecule has 0 unspecified atom stereocenters. The lowest BCUT2D eigenvalue weighted by Crippen LogP contribution is -2.46. The van der Waals surface area contributed by atoms with Crippen LogP contribution in [-0.2, 0) is 11.2 Å². The van der Waals surface area contributed by atoms with E-state index in [9.17, 15) is 4.79 Å². The molecule has 2 rings (SSSR count). The van der Waals surface area contributed by atoms with Gasteiger partial charge in [0, 0.05) is 12.1 Å². The molecule has 2 aromatic carbocycles. The quantitative estimate of drug-likeness (QED) is 0.811. The molecule has 0 heterocycles. The van der Waals surface area contributed by atoms with Gasteiger partial charge >= 0.3 is 0 Å². The minimum Gasteiger partial charge on any atom is -0.321 e. The molecule has 1 N–H and O–H groups in total. The van der Waals surface area contributed by atoms with Gasteiger partial charge in [0.05, 0.1) is 20.6 Å². The van der Waals surface area contributed by atoms with Crippen LogP contribution in [0.25, 0.3) is 0 Å². The number of anilines is 1. The van der Waals surface area contributed by atoms with Crippen LogP contribution in [0, 0.1) is 0 Å². The number of carbonyl (C=O) groups is 1. The Labute approximate surface area is 126 Å². The molecule has 0 aliphatic carbocycles. The standard InChI is InChI=1S/C18H22N2O/c1-20(2,14-13-16-9-5-3-6-10-16)15-18(21)19-17-11-7-4-8-12-17/h3-12H,13-15H2,1-2H3/p+1. The van der Waals surface area contributed by atoms with Gasteiger partial charge in [-0.2, -0.15) is 0 Å². The number of likely N-dealkylation sites (N-methyl/N-ethyl adjacent to an activating group) is 1. The molecular weight excluding hydrogens is 260 g/mol. The second-order valence-corrected chi connectivity index (χ2v) is 5.97. The van der Waals surface area contributed by atoms with Gasteiger partial charge in [-0.1, -0.05) is 48.5 Å². The maximum atomic E-state index is 12.1. The van der Waals surface area contributed by atoms with E-state index < -0.39 is 0 Å². The van der Waals surface area contributed by atoms with Crippen LogP contribution in [0.3, 0.4) is 0 Å². The summed E-state index contributed by atoms with van der Waals surface area (Å²) in [4.78, 5) is 12.1. The molecule has 0 saturated heterocycles. The fourth-order valence-corrected chi connectivity index (χ4v) is 2.27. The number of quaternary nitrogens is 1. The summed E-state index contributed by atoms with van der Waals surface area (Å²) in [5.74, 6) is 0.0549. The van der Waals surface area contributed by atoms with Crippen LogP contribution in [-0.4, -0.2) is 37.6 Å². The maximum Gasteiger partial charge on any atom is 0.279 e. The highest BCUT2D eigenvalue weighted by Crippen LogP contribution is 2.08. The van der Waals surface area contributed by atoms with Crippen molar-refractivity contribution in [3.63, 3.8) is 0 Å². The first-order valence-corrected chi connectivity index (χ1v) is 7.26. The zero-order valence-electron chi connectivity index (χ0n) is 12.8. The van der Waals surface area contributed by atoms with Crippen LogP contribution in [0.1, 0.15) is 5.56 Å². The Morgan fingerprint density at radius 1 is 0.952 bits per heavy atom. The van der Waals surface area contributed by atoms with Crippen LogP contribution in [0.4, 0.5) is 5.69 Å². The van der Waals surface area contributed by atoms with E-state index >= 15 is 0 Å². The van der Waals surface area contributed by atoms with Crippen LogP contribution in [0.15, 0.2) is 60.7 Å². The van der Waals surface area contributed by atoms with E-state index in [0.717, 1.165) is 18.7 Å². The number of para-hydroxylation sites is 1. The molecule has 2 aromatic rings. The summed E-state index contributed by atoms with van der Waals surface area (Å²) in [6, 6.07) is 20.0. The van der Waals surface area contributed by atoms with Gasteiger partial charge in [0.1, 0.15) is 0 Å². The zero-order valence-corrected chi connectivity index (χ0v) is 12.8. The van der Waals surface area contributed by atoms with Crippen molar-refractivity contribution in [1.29, 1.82) is 0 Å². The molecule has 0 radical (unpaired) electrons. The SMILES string of the molecule is C[N+](C)(CCc1ccccc1)CC(=O)Nc1ccccc1. The number of hydrogen-bond donors (Lipinski definition) is 1. The second-order valence-electron chi connectivity index (χ2n) is 5.97. The van der Waals surface area contributed by atoms with Crippen LogP contribution in [0.5, 0.6) is 0 Å². The Balaban J connectivity index is 1.84. The number of hydrogen-bond acceptors (Lipinski definition) is 1. The van der Waals surface area contributed by atoms with E-state index in [1.54, 1.807) is 0 Å². The van der Waals surface area contributed by atoms with E-state index in [-0.39, 0.29) is 5.91 Å². The molecule has 110 valence electrons. The summed E-state index contributed by atoms with van der Waals surface area (Å²) < 4.78 is 0.674. The summed E-state index contributed by atoms with van der Waals surface area (Å²) in [6.07, 6.45) is 0.979. The van der Waals surface area contributed by atoms with Crippen molar-refractivity contribution in [2.75, 3.05) is 32.5 Å². The molecule has 21 heavy (non-hydrogen) atoms. The van der Waals surface area contributed by atoms with E-state index in [1.165, 1.54) is 5.56 Å². The molecule has 0 atom stereocenters. The maximum absolute atomic E-state index is 12.1. The van der Waals surface area contributed by atoms with Gasteiger partial charge in [-0.25, -0.2) is 0 Å². The normalized spacial score (nSPS) is 11.1. The summed E-state index contributed by atoms with van der Waals surface area (Å²) in [7, 11) is 4.18. The number of carbonyl (C=O) groups excluding carboxylic acids is 1. The smallest absolute Gasteiger partial charge is 0.279 e. The van der Waals surface area contributed by atoms with Gasteiger partial charge in [0.15, 0.2) is 6.54 Å². The average molecular weight is 283 g/mol. The van der Waals surface area contributed by atoms with Crippen LogP contribution >= 0.6 is 0 Å². The first-order chi connectivity index (χ1) is 10.1. The van der Waals surface area contributed by atoms with Crippen LogP contribution < -0.4 is 5.32 Å². The average Bonchev–Trinajstić information content (AvgIpc) is 2.47. The number of benzene rings is 2. The largest absolute Gasteiger partial charge is 0.321 e. The third kappa shape index (κ3) is 5.40. The summed E-state index contributed by atoms with van der Waals surface area (Å²) in [5.41, 5.74) is 2.16. The minimum atomic E-state index is 0.0549. The van der Waals surface area contributed by atoms with E-state index in [2.05, 4.69) is 43.7 Å². The molecule has 0 aromatic heterocycles. The Kier molecular flexibility index (Phi) is 5.12. The molecule has 0 bridgehead atoms. The Bertz CT molecular complexity index is 564. The summed E-state index contributed by atoms with van der Waals surface area (Å²) in [6.45, 7) is 1.41.